The number of halogens is 1. The Morgan fingerprint density at radius 2 is 1.64 bits per heavy atom. The number of aryl methyl sites for hydroxylation is 1. The van der Waals surface area contributed by atoms with Gasteiger partial charge < -0.3 is 19.7 Å². The van der Waals surface area contributed by atoms with E-state index < -0.39 is 5.97 Å². The average Bonchev–Trinajstić information content (AvgIpc) is 2.81. The molecular formula is C27H29FO5. The molecule has 1 atom stereocenters. The molecule has 3 aromatic rings. The second-order valence-electron chi connectivity index (χ2n) is 7.92. The lowest BCUT2D eigenvalue weighted by Gasteiger charge is -2.20. The van der Waals surface area contributed by atoms with Gasteiger partial charge in [-0.1, -0.05) is 44.5 Å². The summed E-state index contributed by atoms with van der Waals surface area (Å²) >= 11 is 0. The summed E-state index contributed by atoms with van der Waals surface area (Å²) in [6, 6.07) is 16.0. The number of phenols is 1. The standard InChI is InChI=1S/C27H29FO5/c1-3-7-18(16-32-25-9-6-5-8-22(25)27(30)31)17-33-26-15-24(29)23(14-19(26)4-2)20-10-12-21(28)13-11-20/h5-6,8-15,18,29H,3-4,7,16-17H2,1-2H3,(H,30,31). The first-order valence-corrected chi connectivity index (χ1v) is 11.1. The summed E-state index contributed by atoms with van der Waals surface area (Å²) < 4.78 is 25.2. The van der Waals surface area contributed by atoms with Crippen LogP contribution < -0.4 is 9.47 Å². The lowest BCUT2D eigenvalue weighted by Crippen LogP contribution is -2.21. The van der Waals surface area contributed by atoms with Crippen molar-refractivity contribution in [2.45, 2.75) is 33.1 Å². The Bertz CT molecular complexity index is 1080. The second kappa shape index (κ2) is 11.4. The molecule has 33 heavy (non-hydrogen) atoms. The number of carbonyl (C=O) groups is 1. The molecule has 174 valence electrons. The predicted molar refractivity (Wildman–Crippen MR) is 126 cm³/mol. The molecule has 0 aliphatic carbocycles. The van der Waals surface area contributed by atoms with Gasteiger partial charge in [0.1, 0.15) is 28.6 Å². The van der Waals surface area contributed by atoms with E-state index in [0.29, 0.717) is 36.7 Å². The first-order chi connectivity index (χ1) is 15.9. The summed E-state index contributed by atoms with van der Waals surface area (Å²) in [5, 5.41) is 19.9. The number of phenolic OH excluding ortho intramolecular Hbond substituents is 1. The number of aromatic carboxylic acids is 1. The van der Waals surface area contributed by atoms with Crippen LogP contribution >= 0.6 is 0 Å². The van der Waals surface area contributed by atoms with Gasteiger partial charge in [-0.3, -0.25) is 0 Å². The third kappa shape index (κ3) is 6.25. The summed E-state index contributed by atoms with van der Waals surface area (Å²) in [5.74, 6) is -0.329. The van der Waals surface area contributed by atoms with Crippen LogP contribution in [0.2, 0.25) is 0 Å². The minimum Gasteiger partial charge on any atom is -0.507 e. The van der Waals surface area contributed by atoms with Crippen molar-refractivity contribution in [3.63, 3.8) is 0 Å². The van der Waals surface area contributed by atoms with Crippen LogP contribution in [-0.4, -0.2) is 29.4 Å². The van der Waals surface area contributed by atoms with Crippen molar-refractivity contribution in [1.82, 2.24) is 0 Å². The van der Waals surface area contributed by atoms with Crippen LogP contribution in [0.3, 0.4) is 0 Å². The minimum atomic E-state index is -1.03. The fraction of sp³-hybridized carbons (Fsp3) is 0.296. The topological polar surface area (TPSA) is 76.0 Å². The van der Waals surface area contributed by atoms with Crippen LogP contribution in [0.15, 0.2) is 60.7 Å². The van der Waals surface area contributed by atoms with Crippen molar-refractivity contribution >= 4 is 5.97 Å². The lowest BCUT2D eigenvalue weighted by molar-refractivity contribution is 0.0690. The van der Waals surface area contributed by atoms with E-state index in [9.17, 15) is 19.4 Å². The van der Waals surface area contributed by atoms with Crippen molar-refractivity contribution in [3.8, 4) is 28.4 Å². The monoisotopic (exact) mass is 452 g/mol. The first-order valence-electron chi connectivity index (χ1n) is 11.1. The average molecular weight is 453 g/mol. The summed E-state index contributed by atoms with van der Waals surface area (Å²) in [5.41, 5.74) is 2.41. The van der Waals surface area contributed by atoms with E-state index in [2.05, 4.69) is 6.92 Å². The van der Waals surface area contributed by atoms with E-state index in [4.69, 9.17) is 9.47 Å². The van der Waals surface area contributed by atoms with Crippen LogP contribution in [0.5, 0.6) is 17.2 Å². The van der Waals surface area contributed by atoms with Crippen molar-refractivity contribution in [2.24, 2.45) is 5.92 Å². The summed E-state index contributed by atoms with van der Waals surface area (Å²) in [6.07, 6.45) is 2.47. The van der Waals surface area contributed by atoms with E-state index in [0.717, 1.165) is 24.0 Å². The lowest BCUT2D eigenvalue weighted by atomic mass is 10.00. The van der Waals surface area contributed by atoms with Gasteiger partial charge in [-0.15, -0.1) is 0 Å². The van der Waals surface area contributed by atoms with Gasteiger partial charge in [0, 0.05) is 17.5 Å². The Labute approximate surface area is 193 Å². The molecule has 0 spiro atoms. The maximum atomic E-state index is 13.3. The first kappa shape index (κ1) is 24.1. The molecule has 0 aromatic heterocycles. The highest BCUT2D eigenvalue weighted by Crippen LogP contribution is 2.36. The van der Waals surface area contributed by atoms with Gasteiger partial charge in [0.05, 0.1) is 13.2 Å². The Morgan fingerprint density at radius 1 is 0.970 bits per heavy atom. The molecule has 3 aromatic carbocycles. The van der Waals surface area contributed by atoms with E-state index in [-0.39, 0.29) is 23.0 Å². The highest BCUT2D eigenvalue weighted by molar-refractivity contribution is 5.90. The van der Waals surface area contributed by atoms with Crippen molar-refractivity contribution in [1.29, 1.82) is 0 Å². The number of ether oxygens (including phenoxy) is 2. The molecule has 0 fully saturated rings. The molecule has 0 heterocycles. The molecule has 0 radical (unpaired) electrons. The van der Waals surface area contributed by atoms with Crippen molar-refractivity contribution in [2.75, 3.05) is 13.2 Å². The van der Waals surface area contributed by atoms with Crippen LogP contribution in [-0.2, 0) is 6.42 Å². The summed E-state index contributed by atoms with van der Waals surface area (Å²) in [7, 11) is 0. The molecule has 6 heteroatoms. The molecule has 0 saturated carbocycles. The van der Waals surface area contributed by atoms with Gasteiger partial charge in [-0.2, -0.15) is 0 Å². The number of para-hydroxylation sites is 1. The van der Waals surface area contributed by atoms with Gasteiger partial charge >= 0.3 is 5.97 Å². The highest BCUT2D eigenvalue weighted by Gasteiger charge is 2.17. The van der Waals surface area contributed by atoms with E-state index >= 15 is 0 Å². The number of carboxylic acid groups (broad SMARTS) is 1. The Morgan fingerprint density at radius 3 is 2.27 bits per heavy atom. The molecule has 0 aliphatic heterocycles. The third-order valence-electron chi connectivity index (χ3n) is 5.48. The number of aromatic hydroxyl groups is 1. The van der Waals surface area contributed by atoms with Gasteiger partial charge in [-0.25, -0.2) is 9.18 Å². The molecule has 0 bridgehead atoms. The molecule has 3 rings (SSSR count). The van der Waals surface area contributed by atoms with Crippen molar-refractivity contribution in [3.05, 3.63) is 77.6 Å². The second-order valence-corrected chi connectivity index (χ2v) is 7.92. The normalized spacial score (nSPS) is 11.7. The summed E-state index contributed by atoms with van der Waals surface area (Å²) in [6.45, 7) is 4.76. The van der Waals surface area contributed by atoms with Crippen LogP contribution in [0.25, 0.3) is 11.1 Å². The Balaban J connectivity index is 1.72. The van der Waals surface area contributed by atoms with Crippen LogP contribution in [0.1, 0.15) is 42.6 Å². The zero-order valence-corrected chi connectivity index (χ0v) is 18.9. The van der Waals surface area contributed by atoms with Gasteiger partial charge in [0.25, 0.3) is 0 Å². The maximum Gasteiger partial charge on any atom is 0.339 e. The predicted octanol–water partition coefficient (Wildman–Crippen LogP) is 6.33. The number of rotatable bonds is 11. The number of carboxylic acids is 1. The zero-order chi connectivity index (χ0) is 23.8. The smallest absolute Gasteiger partial charge is 0.339 e. The highest BCUT2D eigenvalue weighted by atomic mass is 19.1. The molecule has 0 aliphatic rings. The van der Waals surface area contributed by atoms with Gasteiger partial charge in [-0.05, 0) is 54.3 Å². The van der Waals surface area contributed by atoms with Crippen molar-refractivity contribution < 1.29 is 28.9 Å². The fourth-order valence-corrected chi connectivity index (χ4v) is 3.69. The van der Waals surface area contributed by atoms with Crippen LogP contribution in [0, 0.1) is 11.7 Å². The molecule has 0 amide bonds. The van der Waals surface area contributed by atoms with Gasteiger partial charge in [0.15, 0.2) is 0 Å². The largest absolute Gasteiger partial charge is 0.507 e. The number of benzene rings is 3. The van der Waals surface area contributed by atoms with E-state index in [1.54, 1.807) is 36.4 Å². The van der Waals surface area contributed by atoms with Gasteiger partial charge in [0.2, 0.25) is 0 Å². The minimum absolute atomic E-state index is 0.0421. The van der Waals surface area contributed by atoms with Crippen LogP contribution in [0.4, 0.5) is 4.39 Å². The maximum absolute atomic E-state index is 13.3. The number of hydrogen-bond donors (Lipinski definition) is 2. The number of hydrogen-bond acceptors (Lipinski definition) is 4. The molecule has 1 unspecified atom stereocenters. The quantitative estimate of drug-likeness (QED) is 0.355. The van der Waals surface area contributed by atoms with E-state index in [1.807, 2.05) is 13.0 Å². The third-order valence-corrected chi connectivity index (χ3v) is 5.48. The molecular weight excluding hydrogens is 423 g/mol. The van der Waals surface area contributed by atoms with E-state index in [1.165, 1.54) is 18.2 Å². The Kier molecular flexibility index (Phi) is 8.30. The fourth-order valence-electron chi connectivity index (χ4n) is 3.69. The molecule has 2 N–H and O–H groups in total. The molecule has 5 nitrogen and oxygen atoms in total. The molecule has 0 saturated heterocycles. The SMILES string of the molecule is CCCC(COc1cc(O)c(-c2ccc(F)cc2)cc1CC)COc1ccccc1C(=O)O. The summed E-state index contributed by atoms with van der Waals surface area (Å²) in [4.78, 5) is 11.4. The Hall–Kier alpha value is -3.54. The zero-order valence-electron chi connectivity index (χ0n) is 18.9.